The molecule has 1 N–H and O–H groups in total. The van der Waals surface area contributed by atoms with E-state index >= 15 is 0 Å². The molecule has 0 radical (unpaired) electrons. The minimum atomic E-state index is -1.35. The largest absolute Gasteiger partial charge is 0.451 e. The van der Waals surface area contributed by atoms with E-state index in [0.29, 0.717) is 10.2 Å². The number of nitrogens with zero attached hydrogens (tertiary/aromatic N) is 2. The molecule has 4 rings (SSSR count). The summed E-state index contributed by atoms with van der Waals surface area (Å²) in [5.74, 6) is -3.71. The van der Waals surface area contributed by atoms with Crippen molar-refractivity contribution >= 4 is 50.5 Å². The lowest BCUT2D eigenvalue weighted by molar-refractivity contribution is -0.153. The maximum absolute atomic E-state index is 13.7. The van der Waals surface area contributed by atoms with Crippen molar-refractivity contribution in [1.29, 1.82) is 0 Å². The number of esters is 1. The SMILES string of the molecule is C[C@@H](OC(=O)Cn1cnc2scc(-c3cccs3)c2c1=O)C(=O)Nc1c(F)cccc1F. The number of rotatable bonds is 6. The van der Waals surface area contributed by atoms with Crippen LogP contribution in [0.2, 0.25) is 0 Å². The normalized spacial score (nSPS) is 12.0. The number of halogens is 2. The van der Waals surface area contributed by atoms with E-state index in [-0.39, 0.29) is 0 Å². The molecule has 0 fully saturated rings. The van der Waals surface area contributed by atoms with Crippen molar-refractivity contribution in [3.63, 3.8) is 0 Å². The minimum absolute atomic E-state index is 0.397. The van der Waals surface area contributed by atoms with Crippen molar-refractivity contribution in [1.82, 2.24) is 9.55 Å². The maximum Gasteiger partial charge on any atom is 0.326 e. The van der Waals surface area contributed by atoms with E-state index in [1.54, 1.807) is 0 Å². The van der Waals surface area contributed by atoms with Crippen LogP contribution in [0.1, 0.15) is 6.92 Å². The number of fused-ring (bicyclic) bond motifs is 1. The second kappa shape index (κ2) is 8.97. The molecule has 3 aromatic heterocycles. The van der Waals surface area contributed by atoms with Gasteiger partial charge in [0.15, 0.2) is 6.10 Å². The molecule has 32 heavy (non-hydrogen) atoms. The summed E-state index contributed by atoms with van der Waals surface area (Å²) in [5, 5.41) is 6.18. The number of hydrogen-bond acceptors (Lipinski definition) is 7. The molecule has 11 heteroatoms. The molecule has 0 saturated carbocycles. The molecule has 0 aliphatic rings. The molecule has 0 saturated heterocycles. The molecule has 1 atom stereocenters. The topological polar surface area (TPSA) is 90.3 Å². The smallest absolute Gasteiger partial charge is 0.326 e. The summed E-state index contributed by atoms with van der Waals surface area (Å²) < 4.78 is 33.5. The number of anilines is 1. The van der Waals surface area contributed by atoms with Gasteiger partial charge in [-0.1, -0.05) is 12.1 Å². The summed E-state index contributed by atoms with van der Waals surface area (Å²) >= 11 is 2.80. The lowest BCUT2D eigenvalue weighted by Gasteiger charge is -2.14. The van der Waals surface area contributed by atoms with E-state index in [2.05, 4.69) is 10.3 Å². The van der Waals surface area contributed by atoms with Crippen LogP contribution in [0, 0.1) is 11.6 Å². The number of carbonyl (C=O) groups excluding carboxylic acids is 2. The van der Waals surface area contributed by atoms with Crippen molar-refractivity contribution in [2.24, 2.45) is 0 Å². The summed E-state index contributed by atoms with van der Waals surface area (Å²) in [7, 11) is 0. The van der Waals surface area contributed by atoms with E-state index in [0.717, 1.165) is 33.2 Å². The Balaban J connectivity index is 1.48. The van der Waals surface area contributed by atoms with Crippen LogP contribution in [-0.2, 0) is 20.9 Å². The van der Waals surface area contributed by atoms with Gasteiger partial charge in [0.2, 0.25) is 0 Å². The molecule has 0 bridgehead atoms. The van der Waals surface area contributed by atoms with Crippen LogP contribution >= 0.6 is 22.7 Å². The quantitative estimate of drug-likeness (QED) is 0.425. The predicted octanol–water partition coefficient (Wildman–Crippen LogP) is 4.04. The van der Waals surface area contributed by atoms with Crippen molar-refractivity contribution in [2.45, 2.75) is 19.6 Å². The number of amides is 1. The van der Waals surface area contributed by atoms with Gasteiger partial charge >= 0.3 is 5.97 Å². The average Bonchev–Trinajstić information content (AvgIpc) is 3.42. The monoisotopic (exact) mass is 475 g/mol. The first kappa shape index (κ1) is 21.8. The highest BCUT2D eigenvalue weighted by Gasteiger charge is 2.22. The maximum atomic E-state index is 13.7. The highest BCUT2D eigenvalue weighted by atomic mass is 32.1. The Hall–Kier alpha value is -3.44. The highest BCUT2D eigenvalue weighted by Crippen LogP contribution is 2.33. The first-order valence-corrected chi connectivity index (χ1v) is 11.1. The molecule has 1 aromatic carbocycles. The Kier molecular flexibility index (Phi) is 6.10. The zero-order valence-electron chi connectivity index (χ0n) is 16.5. The number of hydrogen-bond donors (Lipinski definition) is 1. The lowest BCUT2D eigenvalue weighted by Crippen LogP contribution is -2.33. The summed E-state index contributed by atoms with van der Waals surface area (Å²) in [6.45, 7) is 0.775. The predicted molar refractivity (Wildman–Crippen MR) is 118 cm³/mol. The second-order valence-corrected chi connectivity index (χ2v) is 8.51. The lowest BCUT2D eigenvalue weighted by atomic mass is 10.2. The molecule has 1 amide bonds. The van der Waals surface area contributed by atoms with E-state index in [4.69, 9.17) is 4.74 Å². The molecular weight excluding hydrogens is 460 g/mol. The number of thiophene rings is 2. The third kappa shape index (κ3) is 4.30. The Bertz CT molecular complexity index is 1350. The average molecular weight is 475 g/mol. The van der Waals surface area contributed by atoms with Gasteiger partial charge in [-0.2, -0.15) is 0 Å². The summed E-state index contributed by atoms with van der Waals surface area (Å²) in [4.78, 5) is 43.1. The summed E-state index contributed by atoms with van der Waals surface area (Å²) in [6.07, 6.45) is -0.114. The number of para-hydroxylation sites is 1. The molecule has 0 aliphatic carbocycles. The molecule has 3 heterocycles. The third-order valence-corrected chi connectivity index (χ3v) is 6.32. The summed E-state index contributed by atoms with van der Waals surface area (Å²) in [5.41, 5.74) is -0.313. The molecule has 0 spiro atoms. The molecular formula is C21H15F2N3O4S2. The molecule has 4 aromatic rings. The van der Waals surface area contributed by atoms with Crippen molar-refractivity contribution in [3.8, 4) is 10.4 Å². The highest BCUT2D eigenvalue weighted by molar-refractivity contribution is 7.18. The molecule has 164 valence electrons. The van der Waals surface area contributed by atoms with Crippen LogP contribution in [0.4, 0.5) is 14.5 Å². The van der Waals surface area contributed by atoms with Crippen LogP contribution < -0.4 is 10.9 Å². The number of ether oxygens (including phenoxy) is 1. The first-order chi connectivity index (χ1) is 15.3. The number of carbonyl (C=O) groups is 2. The Morgan fingerprint density at radius 1 is 1.19 bits per heavy atom. The Morgan fingerprint density at radius 3 is 2.62 bits per heavy atom. The Labute approximate surface area is 187 Å². The minimum Gasteiger partial charge on any atom is -0.451 e. The van der Waals surface area contributed by atoms with E-state index in [9.17, 15) is 23.2 Å². The number of benzene rings is 1. The van der Waals surface area contributed by atoms with E-state index < -0.39 is 47.4 Å². The van der Waals surface area contributed by atoms with Crippen LogP contribution in [0.15, 0.2) is 52.2 Å². The van der Waals surface area contributed by atoms with Gasteiger partial charge in [0.25, 0.3) is 11.5 Å². The van der Waals surface area contributed by atoms with Gasteiger partial charge in [0, 0.05) is 15.8 Å². The fourth-order valence-electron chi connectivity index (χ4n) is 2.96. The zero-order chi connectivity index (χ0) is 22.8. The van der Waals surface area contributed by atoms with Crippen LogP contribution in [-0.4, -0.2) is 27.5 Å². The third-order valence-electron chi connectivity index (χ3n) is 4.54. The zero-order valence-corrected chi connectivity index (χ0v) is 18.1. The standard InChI is InChI=1S/C21H15F2N3O4S2/c1-11(19(28)25-18-13(22)4-2-5-14(18)23)30-16(27)8-26-10-24-20-17(21(26)29)12(9-32-20)15-6-3-7-31-15/h2-7,9-11H,8H2,1H3,(H,25,28)/t11-/m1/s1. The Morgan fingerprint density at radius 2 is 1.94 bits per heavy atom. The summed E-state index contributed by atoms with van der Waals surface area (Å²) in [6, 6.07) is 6.88. The van der Waals surface area contributed by atoms with Crippen LogP contribution in [0.3, 0.4) is 0 Å². The van der Waals surface area contributed by atoms with Gasteiger partial charge in [-0.3, -0.25) is 19.0 Å². The van der Waals surface area contributed by atoms with Gasteiger partial charge in [-0.25, -0.2) is 13.8 Å². The number of nitrogens with one attached hydrogen (secondary N) is 1. The molecule has 0 aliphatic heterocycles. The second-order valence-electron chi connectivity index (χ2n) is 6.70. The first-order valence-electron chi connectivity index (χ1n) is 9.30. The van der Waals surface area contributed by atoms with Gasteiger partial charge in [0.1, 0.15) is 28.7 Å². The molecule has 7 nitrogen and oxygen atoms in total. The van der Waals surface area contributed by atoms with Crippen LogP contribution in [0.5, 0.6) is 0 Å². The van der Waals surface area contributed by atoms with Gasteiger partial charge in [-0.15, -0.1) is 22.7 Å². The van der Waals surface area contributed by atoms with E-state index in [1.165, 1.54) is 35.9 Å². The number of aromatic nitrogens is 2. The fraction of sp³-hybridized carbons (Fsp3) is 0.143. The fourth-order valence-corrected chi connectivity index (χ4v) is 4.68. The van der Waals surface area contributed by atoms with Crippen molar-refractivity contribution in [3.05, 3.63) is 69.4 Å². The van der Waals surface area contributed by atoms with Crippen LogP contribution in [0.25, 0.3) is 20.7 Å². The van der Waals surface area contributed by atoms with E-state index in [1.807, 2.05) is 22.9 Å². The van der Waals surface area contributed by atoms with Gasteiger partial charge in [-0.05, 0) is 30.5 Å². The van der Waals surface area contributed by atoms with Gasteiger partial charge < -0.3 is 10.1 Å². The van der Waals surface area contributed by atoms with Crippen molar-refractivity contribution < 1.29 is 23.1 Å². The molecule has 0 unspecified atom stereocenters. The van der Waals surface area contributed by atoms with Crippen molar-refractivity contribution in [2.75, 3.05) is 5.32 Å². The van der Waals surface area contributed by atoms with Gasteiger partial charge in [0.05, 0.1) is 11.7 Å².